The van der Waals surface area contributed by atoms with Gasteiger partial charge in [-0.1, -0.05) is 278 Å². The summed E-state index contributed by atoms with van der Waals surface area (Å²) >= 11 is 0. The third kappa shape index (κ3) is 59.3. The largest absolute Gasteiger partial charge is 0.361 e. The summed E-state index contributed by atoms with van der Waals surface area (Å²) in [6, 6.07) is 8.45. The molecule has 1 N–H and O–H groups in total. The van der Waals surface area contributed by atoms with E-state index in [4.69, 9.17) is 0 Å². The number of carbonyl (C=O) groups excluding carboxylic acids is 12. The van der Waals surface area contributed by atoms with Crippen LogP contribution in [0.2, 0.25) is 0 Å². The zero-order chi connectivity index (χ0) is 103. The molecule has 10 rings (SSSR count). The molecule has 0 bridgehead atoms. The van der Waals surface area contributed by atoms with E-state index in [0.29, 0.717) is 135 Å². The molecule has 7 saturated carbocycles. The summed E-state index contributed by atoms with van der Waals surface area (Å²) in [4.78, 5) is 138. The molecular formula is C121H216N2O12. The first-order valence-electron chi connectivity index (χ1n) is 56.0. The average Bonchev–Trinajstić information content (AvgIpc) is 1.68. The molecule has 0 spiro atoms. The van der Waals surface area contributed by atoms with Crippen LogP contribution in [0.15, 0.2) is 30.5 Å². The van der Waals surface area contributed by atoms with Crippen LogP contribution >= 0.6 is 0 Å². The van der Waals surface area contributed by atoms with Crippen molar-refractivity contribution in [2.75, 3.05) is 13.6 Å². The van der Waals surface area contributed by atoms with Gasteiger partial charge in [0, 0.05) is 82.2 Å². The quantitative estimate of drug-likeness (QED) is 0.0655. The molecule has 0 radical (unpaired) electrons. The van der Waals surface area contributed by atoms with Crippen molar-refractivity contribution in [2.45, 2.75) is 516 Å². The number of H-pyrrole nitrogens is 1. The van der Waals surface area contributed by atoms with Crippen LogP contribution in [0.3, 0.4) is 0 Å². The van der Waals surface area contributed by atoms with E-state index in [9.17, 15) is 57.5 Å². The molecule has 1 aromatic heterocycles. The molecule has 8 fully saturated rings. The highest BCUT2D eigenvalue weighted by Gasteiger charge is 2.33. The standard InChI is InChI=1S/C14H17NO.C12H22O.2C11H20O.2C10H18O.C10H20O.2C9H16O.2C9H18O.C7H13NO/c1-3-11(10(2)16)8-12-9-15-14-7-5-4-6-13(12)14;1-3-12(10(2)13)9-11-7-5-4-6-8-11;1-3-11(9(2)12)8-10-6-4-5-7-10;1-3-11(9(2)12)10-7-5-4-6-8-10;1-3-10(8(2)11)7-9-5-4-6-9;1-3-10(8(2)11)9-6-4-5-7-9;1-6-9(8(2)11)7-10(3,4)5;1-3-9(7(2)10)6-8-4-5-8;1-3-9(7(2)10)8-5-4-6-8;1-5-9(8(4)10)6-7(2)3;1-5-7(3)9(6-2)8(4)10;1-6(9)7-4-3-5-8(7)2/h4-7,9,11,15H,3,8H2,1-2H3;11-12H,3-9H2,1-2H3;2*10-11H,3-8H2,1-2H3;2*9-10H,3-7H2,1-2H3;9H,6-7H2,1-5H3;2*8-9H,3-6H2,1-2H3;2*7,9H,5-6H2,1-4H3;7H,3-5H2,1-2H3/t11-;12-;2*11-;2*10-;4*9-;7?,9-;/m00010100100./s1. The number of nitrogens with zero attached hydrogens (tertiary/aromatic N) is 1. The van der Waals surface area contributed by atoms with Crippen molar-refractivity contribution in [1.29, 1.82) is 0 Å². The van der Waals surface area contributed by atoms with E-state index in [2.05, 4.69) is 147 Å². The van der Waals surface area contributed by atoms with Crippen LogP contribution in [0.5, 0.6) is 0 Å². The fraction of sp³-hybridized carbons (Fsp3) is 0.835. The Bertz CT molecular complexity index is 3470. The molecule has 14 heteroatoms. The number of Topliss-reactive ketones (excluding diaryl/α,β-unsaturated/α-hetero) is 12. The molecule has 14 nitrogen and oxygen atoms in total. The fourth-order valence-electron chi connectivity index (χ4n) is 21.9. The summed E-state index contributed by atoms with van der Waals surface area (Å²) in [6.07, 6.45) is 59.1. The third-order valence-corrected chi connectivity index (χ3v) is 31.9. The van der Waals surface area contributed by atoms with Gasteiger partial charge in [-0.3, -0.25) is 62.4 Å². The second-order valence-corrected chi connectivity index (χ2v) is 44.6. The molecule has 8 aliphatic rings. The summed E-state index contributed by atoms with van der Waals surface area (Å²) in [6.45, 7) is 60.0. The van der Waals surface area contributed by atoms with Gasteiger partial charge in [0.05, 0.1) is 6.04 Å². The van der Waals surface area contributed by atoms with Crippen LogP contribution < -0.4 is 0 Å². The Hall–Kier alpha value is -5.24. The smallest absolute Gasteiger partial charge is 0.146 e. The molecule has 2 aromatic rings. The van der Waals surface area contributed by atoms with Gasteiger partial charge in [0.15, 0.2) is 0 Å². The molecule has 7 aliphatic carbocycles. The molecule has 0 amide bonds. The highest BCUT2D eigenvalue weighted by molar-refractivity contribution is 5.86. The Morgan fingerprint density at radius 1 is 0.333 bits per heavy atom. The number of hydrogen-bond donors (Lipinski definition) is 1. The van der Waals surface area contributed by atoms with Crippen molar-refractivity contribution in [3.05, 3.63) is 36.0 Å². The van der Waals surface area contributed by atoms with Crippen molar-refractivity contribution >= 4 is 80.3 Å². The first-order chi connectivity index (χ1) is 63.7. The van der Waals surface area contributed by atoms with Crippen LogP contribution in [-0.2, 0) is 64.0 Å². The lowest BCUT2D eigenvalue weighted by Gasteiger charge is -2.31. The van der Waals surface area contributed by atoms with Crippen LogP contribution in [0.25, 0.3) is 10.9 Å². The van der Waals surface area contributed by atoms with E-state index in [1.54, 1.807) is 83.1 Å². The van der Waals surface area contributed by atoms with Gasteiger partial charge in [-0.25, -0.2) is 0 Å². The molecule has 1 saturated heterocycles. The zero-order valence-corrected chi connectivity index (χ0v) is 93.8. The molecule has 1 aliphatic heterocycles. The SMILES string of the molecule is CC(=O)C1CCCN1C.CCC(C)[C@H](CC)C(C)=O.CC[C@@H](CC(C)(C)C)C(C)=O.CC[C@@H](CC(C)C)C(C)=O.CC[C@@H](CC1CC1)C(C)=O.CC[C@@H](CC1CCC1)C(C)=O.CC[C@@H](CC1CCCC1)C(C)=O.CC[C@@H](CC1CCCCC1)C(C)=O.CC[C@@H](Cc1c[nH]c2ccccc12)C(C)=O.CC[C@H](C(C)=O)C1CCC1.CC[C@H](C(C)=O)C1CCCC1.CC[C@H](C(C)=O)C1CCCCC1. The number of benzene rings is 1. The van der Waals surface area contributed by atoms with Crippen LogP contribution in [0, 0.1) is 124 Å². The number of rotatable bonds is 41. The van der Waals surface area contributed by atoms with Crippen LogP contribution in [0.1, 0.15) is 509 Å². The second-order valence-electron chi connectivity index (χ2n) is 44.6. The topological polar surface area (TPSA) is 224 Å². The predicted molar refractivity (Wildman–Crippen MR) is 573 cm³/mol. The molecule has 135 heavy (non-hydrogen) atoms. The van der Waals surface area contributed by atoms with Gasteiger partial charge >= 0.3 is 0 Å². The van der Waals surface area contributed by atoms with Gasteiger partial charge in [0.25, 0.3) is 0 Å². The van der Waals surface area contributed by atoms with E-state index in [-0.39, 0.29) is 29.1 Å². The Morgan fingerprint density at radius 2 is 0.644 bits per heavy atom. The summed E-state index contributed by atoms with van der Waals surface area (Å²) in [5, 5.41) is 1.24. The number of nitrogens with one attached hydrogen (secondary N) is 1. The Balaban J connectivity index is 0. The van der Waals surface area contributed by atoms with Crippen molar-refractivity contribution in [2.24, 2.45) is 124 Å². The number of likely N-dealkylation sites (tertiary alicyclic amines) is 1. The lowest BCUT2D eigenvalue weighted by atomic mass is 9.73. The predicted octanol–water partition coefficient (Wildman–Crippen LogP) is 32.7. The number of carbonyl (C=O) groups is 12. The fourth-order valence-corrected chi connectivity index (χ4v) is 21.9. The number of hydrogen-bond acceptors (Lipinski definition) is 13. The minimum atomic E-state index is 0.152. The maximum atomic E-state index is 11.4. The van der Waals surface area contributed by atoms with Gasteiger partial charge in [0.2, 0.25) is 0 Å². The molecule has 782 valence electrons. The van der Waals surface area contributed by atoms with Gasteiger partial charge in [0.1, 0.15) is 69.4 Å². The first-order valence-corrected chi connectivity index (χ1v) is 56.0. The molecule has 2 heterocycles. The summed E-state index contributed by atoms with van der Waals surface area (Å²) < 4.78 is 0. The average molecular weight is 1890 g/mol. The van der Waals surface area contributed by atoms with Crippen LogP contribution in [-0.4, -0.2) is 98.9 Å². The van der Waals surface area contributed by atoms with Crippen molar-refractivity contribution in [3.63, 3.8) is 0 Å². The Morgan fingerprint density at radius 3 is 0.859 bits per heavy atom. The zero-order valence-electron chi connectivity index (χ0n) is 93.8. The molecular weight excluding hydrogens is 1670 g/mol. The van der Waals surface area contributed by atoms with E-state index >= 15 is 0 Å². The van der Waals surface area contributed by atoms with Crippen LogP contribution in [0.4, 0.5) is 0 Å². The minimum absolute atomic E-state index is 0.152. The van der Waals surface area contributed by atoms with E-state index < -0.39 is 0 Å². The number of fused-ring (bicyclic) bond motifs is 1. The van der Waals surface area contributed by atoms with Gasteiger partial charge < -0.3 is 4.98 Å². The maximum absolute atomic E-state index is 11.4. The van der Waals surface area contributed by atoms with Gasteiger partial charge in [-0.05, 0) is 334 Å². The van der Waals surface area contributed by atoms with Crippen molar-refractivity contribution in [3.8, 4) is 0 Å². The van der Waals surface area contributed by atoms with E-state index in [0.717, 1.165) is 176 Å². The van der Waals surface area contributed by atoms with Crippen molar-refractivity contribution in [1.82, 2.24) is 9.88 Å². The monoisotopic (exact) mass is 1890 g/mol. The number of para-hydroxylation sites is 1. The third-order valence-electron chi connectivity index (χ3n) is 31.9. The minimum Gasteiger partial charge on any atom is -0.361 e. The summed E-state index contributed by atoms with van der Waals surface area (Å²) in [5.74, 6) is 14.8. The number of aromatic amines is 1. The molecule has 1 aromatic carbocycles. The number of likely N-dealkylation sites (N-methyl/N-ethyl adjacent to an activating group) is 1. The Labute approximate surface area is 831 Å². The normalized spacial score (nSPS) is 19.4. The van der Waals surface area contributed by atoms with Crippen molar-refractivity contribution < 1.29 is 57.5 Å². The van der Waals surface area contributed by atoms with Gasteiger partial charge in [-0.2, -0.15) is 0 Å². The van der Waals surface area contributed by atoms with E-state index in [1.165, 1.54) is 184 Å². The van der Waals surface area contributed by atoms with Gasteiger partial charge in [-0.15, -0.1) is 0 Å². The second kappa shape index (κ2) is 76.5. The highest BCUT2D eigenvalue weighted by atomic mass is 16.2. The van der Waals surface area contributed by atoms with E-state index in [1.807, 2.05) is 25.4 Å². The molecule has 13 atom stereocenters. The highest BCUT2D eigenvalue weighted by Crippen LogP contribution is 2.40. The first kappa shape index (κ1) is 132. The number of ketones is 12. The lowest BCUT2D eigenvalue weighted by Crippen LogP contribution is -2.30. The Kier molecular flexibility index (Phi) is 74.7. The number of aromatic nitrogens is 1. The lowest BCUT2D eigenvalue weighted by molar-refractivity contribution is -0.124. The summed E-state index contributed by atoms with van der Waals surface area (Å²) in [5.41, 5.74) is 2.68. The summed E-state index contributed by atoms with van der Waals surface area (Å²) in [7, 11) is 2.01. The maximum Gasteiger partial charge on any atom is 0.146 e. The molecule has 2 unspecified atom stereocenters.